The standard InChI is InChI=1S/C11H23N3O3S.ClH/c1-9(2)14-18(16,17)7-6-13-11(15)8-10-4-3-5-12-10;/h9-10,12,14H,3-8H2,1-2H3,(H,13,15);1H. The van der Waals surface area contributed by atoms with Crippen molar-refractivity contribution in [1.82, 2.24) is 15.4 Å². The third kappa shape index (κ3) is 8.41. The van der Waals surface area contributed by atoms with Crippen LogP contribution in [-0.4, -0.2) is 45.3 Å². The molecule has 0 radical (unpaired) electrons. The summed E-state index contributed by atoms with van der Waals surface area (Å²) in [4.78, 5) is 11.5. The van der Waals surface area contributed by atoms with Gasteiger partial charge in [-0.05, 0) is 33.2 Å². The molecule has 1 unspecified atom stereocenters. The van der Waals surface area contributed by atoms with Crippen LogP contribution in [0.2, 0.25) is 0 Å². The molecule has 1 amide bonds. The Hall–Kier alpha value is -0.370. The maximum absolute atomic E-state index is 11.5. The molecular weight excluding hydrogens is 290 g/mol. The van der Waals surface area contributed by atoms with Gasteiger partial charge in [0.05, 0.1) is 5.75 Å². The number of nitrogens with one attached hydrogen (secondary N) is 3. The van der Waals surface area contributed by atoms with Crippen molar-refractivity contribution in [3.05, 3.63) is 0 Å². The van der Waals surface area contributed by atoms with Gasteiger partial charge in [-0.15, -0.1) is 12.4 Å². The molecule has 1 heterocycles. The van der Waals surface area contributed by atoms with Crippen molar-refractivity contribution >= 4 is 28.3 Å². The van der Waals surface area contributed by atoms with E-state index < -0.39 is 10.0 Å². The molecule has 114 valence electrons. The van der Waals surface area contributed by atoms with Gasteiger partial charge in [-0.3, -0.25) is 4.79 Å². The maximum Gasteiger partial charge on any atom is 0.221 e. The van der Waals surface area contributed by atoms with E-state index in [2.05, 4.69) is 15.4 Å². The van der Waals surface area contributed by atoms with E-state index in [1.165, 1.54) is 0 Å². The average molecular weight is 314 g/mol. The minimum atomic E-state index is -3.28. The van der Waals surface area contributed by atoms with Gasteiger partial charge in [-0.1, -0.05) is 0 Å². The van der Waals surface area contributed by atoms with Gasteiger partial charge in [0.1, 0.15) is 0 Å². The largest absolute Gasteiger partial charge is 0.355 e. The molecule has 0 bridgehead atoms. The van der Waals surface area contributed by atoms with Gasteiger partial charge >= 0.3 is 0 Å². The van der Waals surface area contributed by atoms with Crippen molar-refractivity contribution in [3.63, 3.8) is 0 Å². The molecule has 1 aliphatic heterocycles. The summed E-state index contributed by atoms with van der Waals surface area (Å²) in [6.07, 6.45) is 2.54. The van der Waals surface area contributed by atoms with E-state index in [1.54, 1.807) is 13.8 Å². The van der Waals surface area contributed by atoms with Crippen LogP contribution in [-0.2, 0) is 14.8 Å². The predicted molar refractivity (Wildman–Crippen MR) is 78.0 cm³/mol. The van der Waals surface area contributed by atoms with Crippen molar-refractivity contribution in [1.29, 1.82) is 0 Å². The highest BCUT2D eigenvalue weighted by Gasteiger charge is 2.18. The maximum atomic E-state index is 11.5. The van der Waals surface area contributed by atoms with Gasteiger partial charge in [-0.25, -0.2) is 13.1 Å². The van der Waals surface area contributed by atoms with Crippen LogP contribution >= 0.6 is 12.4 Å². The third-order valence-electron chi connectivity index (χ3n) is 2.70. The minimum Gasteiger partial charge on any atom is -0.355 e. The summed E-state index contributed by atoms with van der Waals surface area (Å²) >= 11 is 0. The van der Waals surface area contributed by atoms with E-state index in [-0.39, 0.29) is 42.7 Å². The van der Waals surface area contributed by atoms with Gasteiger partial charge in [0.25, 0.3) is 0 Å². The third-order valence-corrected chi connectivity index (χ3v) is 4.27. The molecule has 1 aliphatic rings. The molecule has 1 atom stereocenters. The average Bonchev–Trinajstić information content (AvgIpc) is 2.67. The molecule has 3 N–H and O–H groups in total. The van der Waals surface area contributed by atoms with Crippen LogP contribution in [0.3, 0.4) is 0 Å². The molecule has 1 saturated heterocycles. The quantitative estimate of drug-likeness (QED) is 0.617. The van der Waals surface area contributed by atoms with E-state index in [1.807, 2.05) is 0 Å². The molecule has 1 fully saturated rings. The molecule has 0 aliphatic carbocycles. The van der Waals surface area contributed by atoms with E-state index in [4.69, 9.17) is 0 Å². The molecule has 0 aromatic rings. The number of rotatable bonds is 7. The van der Waals surface area contributed by atoms with Crippen molar-refractivity contribution in [2.24, 2.45) is 0 Å². The van der Waals surface area contributed by atoms with Crippen molar-refractivity contribution in [2.45, 2.75) is 45.2 Å². The zero-order valence-corrected chi connectivity index (χ0v) is 13.1. The van der Waals surface area contributed by atoms with Gasteiger partial charge in [-0.2, -0.15) is 0 Å². The highest BCUT2D eigenvalue weighted by Crippen LogP contribution is 2.07. The summed E-state index contributed by atoms with van der Waals surface area (Å²) in [6.45, 7) is 4.65. The lowest BCUT2D eigenvalue weighted by atomic mass is 10.1. The fourth-order valence-corrected chi connectivity index (χ4v) is 3.18. The molecule has 0 spiro atoms. The lowest BCUT2D eigenvalue weighted by Gasteiger charge is -2.12. The number of sulfonamides is 1. The summed E-state index contributed by atoms with van der Waals surface area (Å²) in [5, 5.41) is 5.87. The summed E-state index contributed by atoms with van der Waals surface area (Å²) < 4.78 is 25.5. The number of hydrogen-bond acceptors (Lipinski definition) is 4. The Balaban J connectivity index is 0.00000324. The minimum absolute atomic E-state index is 0. The Labute approximate surface area is 121 Å². The molecule has 1 rings (SSSR count). The van der Waals surface area contributed by atoms with Crippen LogP contribution in [0, 0.1) is 0 Å². The molecule has 6 nitrogen and oxygen atoms in total. The molecule has 19 heavy (non-hydrogen) atoms. The zero-order valence-electron chi connectivity index (χ0n) is 11.4. The lowest BCUT2D eigenvalue weighted by molar-refractivity contribution is -0.121. The fraction of sp³-hybridized carbons (Fsp3) is 0.909. The second-order valence-electron chi connectivity index (χ2n) is 4.94. The lowest BCUT2D eigenvalue weighted by Crippen LogP contribution is -2.38. The zero-order chi connectivity index (χ0) is 13.6. The molecular formula is C11H24ClN3O3S. The van der Waals surface area contributed by atoms with Crippen LogP contribution in [0.15, 0.2) is 0 Å². The SMILES string of the molecule is CC(C)NS(=O)(=O)CCNC(=O)CC1CCCN1.Cl. The topological polar surface area (TPSA) is 87.3 Å². The van der Waals surface area contributed by atoms with Crippen molar-refractivity contribution in [3.8, 4) is 0 Å². The first kappa shape index (κ1) is 18.6. The normalized spacial score (nSPS) is 19.2. The smallest absolute Gasteiger partial charge is 0.221 e. The van der Waals surface area contributed by atoms with Gasteiger partial charge in [0.15, 0.2) is 0 Å². The number of amides is 1. The van der Waals surface area contributed by atoms with E-state index in [0.717, 1.165) is 19.4 Å². The number of hydrogen-bond donors (Lipinski definition) is 3. The Kier molecular flexibility index (Phi) is 8.56. The summed E-state index contributed by atoms with van der Waals surface area (Å²) in [7, 11) is -3.28. The van der Waals surface area contributed by atoms with Gasteiger partial charge < -0.3 is 10.6 Å². The number of carbonyl (C=O) groups is 1. The van der Waals surface area contributed by atoms with Crippen LogP contribution in [0.5, 0.6) is 0 Å². The Bertz CT molecular complexity index is 367. The second kappa shape index (κ2) is 8.73. The number of halogens is 1. The van der Waals surface area contributed by atoms with E-state index in [9.17, 15) is 13.2 Å². The molecule has 8 heteroatoms. The summed E-state index contributed by atoms with van der Waals surface area (Å²) in [5.74, 6) is -0.163. The van der Waals surface area contributed by atoms with Crippen LogP contribution in [0.25, 0.3) is 0 Å². The first-order valence-electron chi connectivity index (χ1n) is 6.39. The van der Waals surface area contributed by atoms with Gasteiger partial charge in [0.2, 0.25) is 15.9 Å². The Morgan fingerprint density at radius 1 is 1.42 bits per heavy atom. The van der Waals surface area contributed by atoms with Crippen LogP contribution < -0.4 is 15.4 Å². The second-order valence-corrected chi connectivity index (χ2v) is 6.81. The summed E-state index contributed by atoms with van der Waals surface area (Å²) in [6, 6.07) is 0.129. The highest BCUT2D eigenvalue weighted by molar-refractivity contribution is 7.89. The van der Waals surface area contributed by atoms with E-state index in [0.29, 0.717) is 6.42 Å². The van der Waals surface area contributed by atoms with Crippen LogP contribution in [0.1, 0.15) is 33.1 Å². The molecule has 0 aromatic carbocycles. The molecule has 0 saturated carbocycles. The fourth-order valence-electron chi connectivity index (χ4n) is 1.97. The van der Waals surface area contributed by atoms with Gasteiger partial charge in [0, 0.05) is 25.0 Å². The monoisotopic (exact) mass is 313 g/mol. The first-order chi connectivity index (χ1) is 8.39. The first-order valence-corrected chi connectivity index (χ1v) is 8.04. The molecule has 0 aromatic heterocycles. The highest BCUT2D eigenvalue weighted by atomic mass is 35.5. The Morgan fingerprint density at radius 3 is 2.63 bits per heavy atom. The Morgan fingerprint density at radius 2 is 2.11 bits per heavy atom. The predicted octanol–water partition coefficient (Wildman–Crippen LogP) is -0.00570. The number of carbonyl (C=O) groups excluding carboxylic acids is 1. The van der Waals surface area contributed by atoms with Crippen molar-refractivity contribution < 1.29 is 13.2 Å². The van der Waals surface area contributed by atoms with Crippen LogP contribution in [0.4, 0.5) is 0 Å². The van der Waals surface area contributed by atoms with E-state index >= 15 is 0 Å². The van der Waals surface area contributed by atoms with Crippen molar-refractivity contribution in [2.75, 3.05) is 18.8 Å². The summed E-state index contributed by atoms with van der Waals surface area (Å²) in [5.41, 5.74) is 0.